The van der Waals surface area contributed by atoms with E-state index in [9.17, 15) is 9.59 Å². The molecule has 1 aromatic rings. The Hall–Kier alpha value is -2.16. The second-order valence-corrected chi connectivity index (χ2v) is 12.1. The Morgan fingerprint density at radius 3 is 2.21 bits per heavy atom. The van der Waals surface area contributed by atoms with Crippen LogP contribution < -0.4 is 15.5 Å². The lowest BCUT2D eigenvalue weighted by atomic mass is 9.92. The molecule has 0 bridgehead atoms. The van der Waals surface area contributed by atoms with E-state index in [2.05, 4.69) is 52.4 Å². The maximum absolute atomic E-state index is 13.3. The van der Waals surface area contributed by atoms with E-state index in [0.717, 1.165) is 102 Å². The molecule has 8 nitrogen and oxygen atoms in total. The van der Waals surface area contributed by atoms with E-state index < -0.39 is 6.04 Å². The fraction of sp³-hybridized carbons (Fsp3) is 0.742. The van der Waals surface area contributed by atoms with Gasteiger partial charge < -0.3 is 30.1 Å². The van der Waals surface area contributed by atoms with Gasteiger partial charge in [-0.1, -0.05) is 19.8 Å². The molecule has 39 heavy (non-hydrogen) atoms. The first-order chi connectivity index (χ1) is 18.8. The number of carbonyl (C=O) groups excluding carboxylic acids is 2. The molecule has 2 heterocycles. The molecule has 2 aliphatic heterocycles. The van der Waals surface area contributed by atoms with Gasteiger partial charge in [-0.2, -0.15) is 0 Å². The molecule has 1 atom stereocenters. The molecule has 0 radical (unpaired) electrons. The standard InChI is InChI=1S/C31H51N5O3/c1-5-6-7-29(31(38)32-24-8-11-26(12-9-24)39-27-14-16-34(3)17-15-27)33-30(37)28-13-10-25(22-23(28)2)36-20-18-35(4)19-21-36/h10,13,22,24,26-27,29H,5-9,11-12,14-21H2,1-4H3,(H,32,38)(H,33,37). The van der Waals surface area contributed by atoms with E-state index in [1.807, 2.05) is 19.1 Å². The quantitative estimate of drug-likeness (QED) is 0.472. The fourth-order valence-corrected chi connectivity index (χ4v) is 6.12. The van der Waals surface area contributed by atoms with E-state index in [-0.39, 0.29) is 17.9 Å². The highest BCUT2D eigenvalue weighted by Crippen LogP contribution is 2.25. The van der Waals surface area contributed by atoms with Gasteiger partial charge in [-0.3, -0.25) is 9.59 Å². The zero-order valence-corrected chi connectivity index (χ0v) is 24.7. The lowest BCUT2D eigenvalue weighted by Gasteiger charge is -2.35. The Labute approximate surface area is 235 Å². The number of amides is 2. The van der Waals surface area contributed by atoms with Crippen LogP contribution in [0.2, 0.25) is 0 Å². The SMILES string of the molecule is CCCCC(NC(=O)c1ccc(N2CCN(C)CC2)cc1C)C(=O)NC1CCC(OC2CCN(C)CC2)CC1. The minimum absolute atomic E-state index is 0.0526. The first kappa shape index (κ1) is 29.8. The molecule has 0 aromatic heterocycles. The summed E-state index contributed by atoms with van der Waals surface area (Å²) in [6, 6.07) is 5.70. The maximum atomic E-state index is 13.3. The van der Waals surface area contributed by atoms with Crippen molar-refractivity contribution in [3.8, 4) is 0 Å². The summed E-state index contributed by atoms with van der Waals surface area (Å²) >= 11 is 0. The first-order valence-electron chi connectivity index (χ1n) is 15.3. The van der Waals surface area contributed by atoms with Crippen molar-refractivity contribution in [3.05, 3.63) is 29.3 Å². The zero-order valence-electron chi connectivity index (χ0n) is 24.7. The van der Waals surface area contributed by atoms with Crippen molar-refractivity contribution in [2.24, 2.45) is 0 Å². The van der Waals surface area contributed by atoms with Gasteiger partial charge in [0.1, 0.15) is 6.04 Å². The van der Waals surface area contributed by atoms with Crippen molar-refractivity contribution in [1.29, 1.82) is 0 Å². The van der Waals surface area contributed by atoms with Crippen molar-refractivity contribution in [2.45, 2.75) is 95.9 Å². The van der Waals surface area contributed by atoms with Crippen LogP contribution in [0.25, 0.3) is 0 Å². The predicted octanol–water partition coefficient (Wildman–Crippen LogP) is 3.57. The van der Waals surface area contributed by atoms with E-state index in [1.54, 1.807) is 0 Å². The fourth-order valence-electron chi connectivity index (χ4n) is 6.12. The van der Waals surface area contributed by atoms with Gasteiger partial charge in [-0.05, 0) is 89.7 Å². The van der Waals surface area contributed by atoms with Crippen LogP contribution in [0.5, 0.6) is 0 Å². The van der Waals surface area contributed by atoms with Gasteiger partial charge in [0.2, 0.25) is 5.91 Å². The number of nitrogens with one attached hydrogen (secondary N) is 2. The van der Waals surface area contributed by atoms with Gasteiger partial charge in [-0.25, -0.2) is 0 Å². The molecule has 3 aliphatic rings. The smallest absolute Gasteiger partial charge is 0.252 e. The lowest BCUT2D eigenvalue weighted by molar-refractivity contribution is -0.124. The van der Waals surface area contributed by atoms with Gasteiger partial charge in [0, 0.05) is 56.6 Å². The van der Waals surface area contributed by atoms with E-state index in [0.29, 0.717) is 24.2 Å². The highest BCUT2D eigenvalue weighted by molar-refractivity contribution is 5.99. The first-order valence-corrected chi connectivity index (χ1v) is 15.3. The number of likely N-dealkylation sites (N-methyl/N-ethyl adjacent to an activating group) is 1. The lowest BCUT2D eigenvalue weighted by Crippen LogP contribution is -2.50. The minimum atomic E-state index is -0.512. The summed E-state index contributed by atoms with van der Waals surface area (Å²) in [5.74, 6) is -0.216. The van der Waals surface area contributed by atoms with E-state index in [1.165, 1.54) is 0 Å². The van der Waals surface area contributed by atoms with Crippen LogP contribution in [-0.2, 0) is 9.53 Å². The molecule has 8 heteroatoms. The third kappa shape index (κ3) is 8.66. The number of benzene rings is 1. The summed E-state index contributed by atoms with van der Waals surface area (Å²) in [7, 11) is 4.32. The third-order valence-electron chi connectivity index (χ3n) is 8.86. The van der Waals surface area contributed by atoms with Crippen molar-refractivity contribution >= 4 is 17.5 Å². The van der Waals surface area contributed by atoms with Crippen LogP contribution in [0.3, 0.4) is 0 Å². The van der Waals surface area contributed by atoms with Gasteiger partial charge in [0.25, 0.3) is 5.91 Å². The normalized spacial score (nSPS) is 24.4. The summed E-state index contributed by atoms with van der Waals surface area (Å²) < 4.78 is 6.40. The summed E-state index contributed by atoms with van der Waals surface area (Å²) in [6.07, 6.45) is 9.30. The number of piperazine rings is 1. The number of hydrogen-bond acceptors (Lipinski definition) is 6. The number of ether oxygens (including phenoxy) is 1. The van der Waals surface area contributed by atoms with Crippen LogP contribution in [0.15, 0.2) is 18.2 Å². The van der Waals surface area contributed by atoms with Crippen LogP contribution in [-0.4, -0.2) is 99.3 Å². The second-order valence-electron chi connectivity index (χ2n) is 12.1. The number of carbonyl (C=O) groups is 2. The third-order valence-corrected chi connectivity index (χ3v) is 8.86. The second kappa shape index (κ2) is 14.5. The topological polar surface area (TPSA) is 77.2 Å². The molecule has 4 rings (SSSR count). The minimum Gasteiger partial charge on any atom is -0.375 e. The van der Waals surface area contributed by atoms with Crippen LogP contribution in [0, 0.1) is 6.92 Å². The van der Waals surface area contributed by atoms with Crippen molar-refractivity contribution < 1.29 is 14.3 Å². The zero-order chi connectivity index (χ0) is 27.8. The molecule has 1 unspecified atom stereocenters. The van der Waals surface area contributed by atoms with E-state index in [4.69, 9.17) is 4.74 Å². The Bertz CT molecular complexity index is 932. The number of anilines is 1. The number of rotatable bonds is 10. The Morgan fingerprint density at radius 1 is 0.923 bits per heavy atom. The highest BCUT2D eigenvalue weighted by atomic mass is 16.5. The summed E-state index contributed by atoms with van der Waals surface area (Å²) in [6.45, 7) is 10.4. The summed E-state index contributed by atoms with van der Waals surface area (Å²) in [5, 5.41) is 6.33. The molecular formula is C31H51N5O3. The van der Waals surface area contributed by atoms with Gasteiger partial charge in [0.05, 0.1) is 12.2 Å². The number of unbranched alkanes of at least 4 members (excludes halogenated alkanes) is 1. The number of likely N-dealkylation sites (tertiary alicyclic amines) is 1. The molecule has 2 amide bonds. The molecule has 2 saturated heterocycles. The van der Waals surface area contributed by atoms with Crippen molar-refractivity contribution in [2.75, 3.05) is 58.3 Å². The summed E-state index contributed by atoms with van der Waals surface area (Å²) in [5.41, 5.74) is 2.75. The Morgan fingerprint density at radius 2 is 1.56 bits per heavy atom. The molecule has 1 aliphatic carbocycles. The number of piperidine rings is 1. The molecule has 0 spiro atoms. The van der Waals surface area contributed by atoms with E-state index >= 15 is 0 Å². The monoisotopic (exact) mass is 541 g/mol. The van der Waals surface area contributed by atoms with Crippen LogP contribution in [0.4, 0.5) is 5.69 Å². The molecule has 3 fully saturated rings. The van der Waals surface area contributed by atoms with Crippen molar-refractivity contribution in [3.63, 3.8) is 0 Å². The highest BCUT2D eigenvalue weighted by Gasteiger charge is 2.29. The Balaban J connectivity index is 1.28. The summed E-state index contributed by atoms with van der Waals surface area (Å²) in [4.78, 5) is 33.7. The number of aryl methyl sites for hydroxylation is 1. The molecule has 1 saturated carbocycles. The van der Waals surface area contributed by atoms with Gasteiger partial charge in [-0.15, -0.1) is 0 Å². The van der Waals surface area contributed by atoms with Gasteiger partial charge >= 0.3 is 0 Å². The Kier molecular flexibility index (Phi) is 11.1. The van der Waals surface area contributed by atoms with Crippen LogP contribution in [0.1, 0.15) is 80.6 Å². The molecule has 1 aromatic carbocycles. The average Bonchev–Trinajstić information content (AvgIpc) is 2.93. The average molecular weight is 542 g/mol. The molecular weight excluding hydrogens is 490 g/mol. The number of nitrogens with zero attached hydrogens (tertiary/aromatic N) is 3. The number of hydrogen-bond donors (Lipinski definition) is 2. The molecule has 2 N–H and O–H groups in total. The maximum Gasteiger partial charge on any atom is 0.252 e. The van der Waals surface area contributed by atoms with Gasteiger partial charge in [0.15, 0.2) is 0 Å². The predicted molar refractivity (Wildman–Crippen MR) is 157 cm³/mol. The molecule has 218 valence electrons. The largest absolute Gasteiger partial charge is 0.375 e. The van der Waals surface area contributed by atoms with Crippen molar-refractivity contribution in [1.82, 2.24) is 20.4 Å². The van der Waals surface area contributed by atoms with Crippen LogP contribution >= 0.6 is 0 Å².